The Labute approximate surface area is 149 Å². The van der Waals surface area contributed by atoms with Crippen molar-refractivity contribution >= 4 is 29.2 Å². The molecule has 2 aromatic rings. The maximum absolute atomic E-state index is 10.6. The summed E-state index contributed by atoms with van der Waals surface area (Å²) in [6, 6.07) is 9.84. The monoisotopic (exact) mass is 357 g/mol. The summed E-state index contributed by atoms with van der Waals surface area (Å²) in [6.07, 6.45) is 4.44. The van der Waals surface area contributed by atoms with Crippen molar-refractivity contribution in [1.29, 1.82) is 0 Å². The number of benzene rings is 1. The lowest BCUT2D eigenvalue weighted by atomic mass is 10.2. The van der Waals surface area contributed by atoms with E-state index in [9.17, 15) is 10.1 Å². The largest absolute Gasteiger partial charge is 0.439 e. The highest BCUT2D eigenvalue weighted by molar-refractivity contribution is 7.80. The van der Waals surface area contributed by atoms with E-state index in [1.54, 1.807) is 36.6 Å². The minimum absolute atomic E-state index is 0.0908. The first-order valence-electron chi connectivity index (χ1n) is 7.14. The normalized spacial score (nSPS) is 10.2. The van der Waals surface area contributed by atoms with Gasteiger partial charge in [0.05, 0.1) is 11.1 Å². The van der Waals surface area contributed by atoms with Gasteiger partial charge in [-0.3, -0.25) is 15.5 Å². The summed E-state index contributed by atoms with van der Waals surface area (Å²) in [7, 11) is 0. The van der Waals surface area contributed by atoms with Gasteiger partial charge in [0.15, 0.2) is 5.11 Å². The van der Waals surface area contributed by atoms with Crippen LogP contribution >= 0.6 is 12.2 Å². The third-order valence-corrected chi connectivity index (χ3v) is 3.06. The third-order valence-electron chi connectivity index (χ3n) is 2.82. The van der Waals surface area contributed by atoms with E-state index in [1.165, 1.54) is 12.1 Å². The summed E-state index contributed by atoms with van der Waals surface area (Å²) >= 11 is 5.00. The lowest BCUT2D eigenvalue weighted by Crippen LogP contribution is -2.31. The molecule has 25 heavy (non-hydrogen) atoms. The van der Waals surface area contributed by atoms with E-state index in [4.69, 9.17) is 17.0 Å². The molecule has 9 heteroatoms. The van der Waals surface area contributed by atoms with Crippen LogP contribution in [-0.4, -0.2) is 27.8 Å². The molecule has 0 saturated heterocycles. The summed E-state index contributed by atoms with van der Waals surface area (Å²) in [5, 5.41) is 17.9. The van der Waals surface area contributed by atoms with Crippen LogP contribution in [0.15, 0.2) is 60.4 Å². The van der Waals surface area contributed by atoms with Crippen molar-refractivity contribution < 1.29 is 9.66 Å². The molecule has 1 aromatic carbocycles. The van der Waals surface area contributed by atoms with E-state index in [1.807, 2.05) is 0 Å². The zero-order chi connectivity index (χ0) is 18.1. The minimum Gasteiger partial charge on any atom is -0.439 e. The standard InChI is InChI=1S/C16H15N5O3S/c1-2-9-17-16(25)20-19-10-12-3-6-14(7-4-12)24-15-8-5-13(11-18-15)21(22)23/h2-8,10-11H,1,9H2,(H2,17,20,25)/b19-10+. The predicted molar refractivity (Wildman–Crippen MR) is 98.9 cm³/mol. The molecule has 1 aromatic heterocycles. The SMILES string of the molecule is C=CCNC(=S)N/N=C/c1ccc(Oc2ccc([N+](=O)[O-])cn2)cc1. The van der Waals surface area contributed by atoms with Crippen LogP contribution in [0.2, 0.25) is 0 Å². The van der Waals surface area contributed by atoms with E-state index in [0.29, 0.717) is 17.4 Å². The van der Waals surface area contributed by atoms with Gasteiger partial charge in [-0.2, -0.15) is 5.10 Å². The first-order chi connectivity index (χ1) is 12.1. The molecule has 2 N–H and O–H groups in total. The van der Waals surface area contributed by atoms with Gasteiger partial charge in [-0.1, -0.05) is 6.08 Å². The van der Waals surface area contributed by atoms with Gasteiger partial charge in [0.2, 0.25) is 5.88 Å². The second-order valence-electron chi connectivity index (χ2n) is 4.65. The molecule has 0 atom stereocenters. The van der Waals surface area contributed by atoms with Gasteiger partial charge in [0.1, 0.15) is 11.9 Å². The maximum atomic E-state index is 10.6. The van der Waals surface area contributed by atoms with Crippen LogP contribution in [0.1, 0.15) is 5.56 Å². The minimum atomic E-state index is -0.516. The number of pyridine rings is 1. The number of nitro groups is 1. The fourth-order valence-electron chi connectivity index (χ4n) is 1.65. The first-order valence-corrected chi connectivity index (χ1v) is 7.55. The van der Waals surface area contributed by atoms with Crippen molar-refractivity contribution in [2.45, 2.75) is 0 Å². The summed E-state index contributed by atoms with van der Waals surface area (Å²) in [5.74, 6) is 0.821. The van der Waals surface area contributed by atoms with Crippen molar-refractivity contribution in [2.75, 3.05) is 6.54 Å². The number of hydrazone groups is 1. The molecule has 0 saturated carbocycles. The highest BCUT2D eigenvalue weighted by atomic mass is 32.1. The van der Waals surface area contributed by atoms with Gasteiger partial charge >= 0.3 is 0 Å². The Morgan fingerprint density at radius 3 is 2.72 bits per heavy atom. The van der Waals surface area contributed by atoms with Gasteiger partial charge in [0.25, 0.3) is 5.69 Å². The van der Waals surface area contributed by atoms with E-state index in [-0.39, 0.29) is 11.6 Å². The van der Waals surface area contributed by atoms with E-state index in [0.717, 1.165) is 11.8 Å². The molecule has 8 nitrogen and oxygen atoms in total. The molecule has 0 bridgehead atoms. The summed E-state index contributed by atoms with van der Waals surface area (Å²) < 4.78 is 5.52. The Kier molecular flexibility index (Phi) is 6.55. The second-order valence-corrected chi connectivity index (χ2v) is 5.06. The number of aromatic nitrogens is 1. The van der Waals surface area contributed by atoms with Gasteiger partial charge in [-0.25, -0.2) is 4.98 Å². The van der Waals surface area contributed by atoms with E-state index < -0.39 is 4.92 Å². The Balaban J connectivity index is 1.89. The van der Waals surface area contributed by atoms with Crippen molar-refractivity contribution in [2.24, 2.45) is 5.10 Å². The van der Waals surface area contributed by atoms with Crippen LogP contribution in [0.4, 0.5) is 5.69 Å². The lowest BCUT2D eigenvalue weighted by Gasteiger charge is -2.05. The molecule has 0 aliphatic carbocycles. The Morgan fingerprint density at radius 1 is 1.36 bits per heavy atom. The first kappa shape index (κ1) is 18.0. The zero-order valence-corrected chi connectivity index (χ0v) is 13.9. The predicted octanol–water partition coefficient (Wildman–Crippen LogP) is 2.77. The lowest BCUT2D eigenvalue weighted by molar-refractivity contribution is -0.385. The van der Waals surface area contributed by atoms with Crippen LogP contribution in [0.5, 0.6) is 11.6 Å². The van der Waals surface area contributed by atoms with E-state index in [2.05, 4.69) is 27.4 Å². The molecule has 128 valence electrons. The Bertz CT molecular complexity index is 775. The molecule has 0 unspecified atom stereocenters. The van der Waals surface area contributed by atoms with Gasteiger partial charge in [0, 0.05) is 18.7 Å². The van der Waals surface area contributed by atoms with Crippen LogP contribution in [0.3, 0.4) is 0 Å². The smallest absolute Gasteiger partial charge is 0.287 e. The number of hydrogen-bond donors (Lipinski definition) is 2. The third kappa shape index (κ3) is 5.99. The summed E-state index contributed by atoms with van der Waals surface area (Å²) in [4.78, 5) is 13.9. The quantitative estimate of drug-likeness (QED) is 0.258. The number of rotatable bonds is 7. The highest BCUT2D eigenvalue weighted by Gasteiger charge is 2.06. The molecular formula is C16H15N5O3S. The molecule has 0 spiro atoms. The molecule has 0 aliphatic heterocycles. The fraction of sp³-hybridized carbons (Fsp3) is 0.0625. The molecule has 1 heterocycles. The average molecular weight is 357 g/mol. The second kappa shape index (κ2) is 9.08. The van der Waals surface area contributed by atoms with Crippen LogP contribution in [-0.2, 0) is 0 Å². The van der Waals surface area contributed by atoms with E-state index >= 15 is 0 Å². The number of nitrogens with zero attached hydrogens (tertiary/aromatic N) is 3. The summed E-state index contributed by atoms with van der Waals surface area (Å²) in [6.45, 7) is 4.14. The molecule has 0 fully saturated rings. The number of ether oxygens (including phenoxy) is 1. The van der Waals surface area contributed by atoms with Crippen LogP contribution < -0.4 is 15.5 Å². The molecule has 2 rings (SSSR count). The number of hydrogen-bond acceptors (Lipinski definition) is 6. The van der Waals surface area contributed by atoms with Crippen molar-refractivity contribution in [3.05, 3.63) is 70.9 Å². The van der Waals surface area contributed by atoms with Gasteiger partial charge in [-0.15, -0.1) is 6.58 Å². The maximum Gasteiger partial charge on any atom is 0.287 e. The van der Waals surface area contributed by atoms with Gasteiger partial charge in [-0.05, 0) is 42.0 Å². The fourth-order valence-corrected chi connectivity index (χ4v) is 1.79. The molecule has 0 aliphatic rings. The number of nitrogens with one attached hydrogen (secondary N) is 2. The van der Waals surface area contributed by atoms with Crippen LogP contribution in [0, 0.1) is 10.1 Å². The number of thiocarbonyl (C=S) groups is 1. The average Bonchev–Trinajstić information content (AvgIpc) is 2.62. The highest BCUT2D eigenvalue weighted by Crippen LogP contribution is 2.21. The Hall–Kier alpha value is -3.33. The van der Waals surface area contributed by atoms with Gasteiger partial charge < -0.3 is 10.1 Å². The summed E-state index contributed by atoms with van der Waals surface area (Å²) in [5.41, 5.74) is 3.43. The van der Waals surface area contributed by atoms with Crippen molar-refractivity contribution in [3.8, 4) is 11.6 Å². The Morgan fingerprint density at radius 2 is 2.12 bits per heavy atom. The molecule has 0 radical (unpaired) electrons. The van der Waals surface area contributed by atoms with Crippen molar-refractivity contribution in [3.63, 3.8) is 0 Å². The zero-order valence-electron chi connectivity index (χ0n) is 13.1. The van der Waals surface area contributed by atoms with Crippen LogP contribution in [0.25, 0.3) is 0 Å². The van der Waals surface area contributed by atoms with Crippen molar-refractivity contribution in [1.82, 2.24) is 15.7 Å². The molecule has 0 amide bonds. The molecular weight excluding hydrogens is 342 g/mol. The topological polar surface area (TPSA) is 102 Å².